The average molecular weight is 370 g/mol. The zero-order valence-corrected chi connectivity index (χ0v) is 14.1. The van der Waals surface area contributed by atoms with Crippen LogP contribution in [0.2, 0.25) is 5.02 Å². The van der Waals surface area contributed by atoms with Gasteiger partial charge in [-0.3, -0.25) is 4.79 Å². The summed E-state index contributed by atoms with van der Waals surface area (Å²) in [5.74, 6) is 0.103. The van der Waals surface area contributed by atoms with Gasteiger partial charge in [0.15, 0.2) is 12.2 Å². The number of aromatic nitrogens is 3. The molecule has 2 aromatic carbocycles. The van der Waals surface area contributed by atoms with E-state index < -0.39 is 5.97 Å². The number of hydrogen-bond donors (Lipinski definition) is 0. The molecule has 0 aliphatic heterocycles. The van der Waals surface area contributed by atoms with Gasteiger partial charge in [-0.25, -0.2) is 0 Å². The second-order valence-corrected chi connectivity index (χ2v) is 5.92. The van der Waals surface area contributed by atoms with Gasteiger partial charge >= 0.3 is 5.97 Å². The highest BCUT2D eigenvalue weighted by Crippen LogP contribution is 2.21. The Morgan fingerprint density at radius 3 is 2.85 bits per heavy atom. The van der Waals surface area contributed by atoms with Gasteiger partial charge in [-0.15, -0.1) is 0 Å². The van der Waals surface area contributed by atoms with Crippen LogP contribution in [0.15, 0.2) is 57.6 Å². The van der Waals surface area contributed by atoms with E-state index in [1.165, 1.54) is 0 Å². The average Bonchev–Trinajstić information content (AvgIpc) is 3.28. The van der Waals surface area contributed by atoms with Crippen LogP contribution in [-0.2, 0) is 22.6 Å². The van der Waals surface area contributed by atoms with Crippen molar-refractivity contribution in [3.05, 3.63) is 65.1 Å². The first-order valence-corrected chi connectivity index (χ1v) is 8.14. The van der Waals surface area contributed by atoms with Crippen LogP contribution in [0, 0.1) is 0 Å². The topological polar surface area (TPSA) is 91.2 Å². The van der Waals surface area contributed by atoms with Gasteiger partial charge in [-0.2, -0.15) is 4.98 Å². The Balaban J connectivity index is 1.39. The van der Waals surface area contributed by atoms with Gasteiger partial charge in [0.1, 0.15) is 5.69 Å². The third-order valence-electron chi connectivity index (χ3n) is 3.67. The summed E-state index contributed by atoms with van der Waals surface area (Å²) in [6.07, 6.45) is -0.00764. The number of para-hydroxylation sites is 1. The number of nitrogens with zero attached hydrogens (tertiary/aromatic N) is 3. The largest absolute Gasteiger partial charge is 0.455 e. The summed E-state index contributed by atoms with van der Waals surface area (Å²) in [4.78, 5) is 16.2. The van der Waals surface area contributed by atoms with E-state index in [2.05, 4.69) is 15.3 Å². The first-order valence-electron chi connectivity index (χ1n) is 7.76. The van der Waals surface area contributed by atoms with Crippen molar-refractivity contribution in [1.82, 2.24) is 15.3 Å². The number of benzene rings is 2. The second-order valence-electron chi connectivity index (χ2n) is 5.48. The third kappa shape index (κ3) is 3.43. The monoisotopic (exact) mass is 369 g/mol. The molecule has 0 amide bonds. The maximum Gasteiger partial charge on any atom is 0.312 e. The minimum absolute atomic E-state index is 0.00764. The van der Waals surface area contributed by atoms with Crippen molar-refractivity contribution in [3.63, 3.8) is 0 Å². The molecule has 26 heavy (non-hydrogen) atoms. The zero-order valence-electron chi connectivity index (χ0n) is 13.4. The van der Waals surface area contributed by atoms with E-state index >= 15 is 0 Å². The van der Waals surface area contributed by atoms with Crippen molar-refractivity contribution in [1.29, 1.82) is 0 Å². The highest BCUT2D eigenvalue weighted by atomic mass is 35.5. The van der Waals surface area contributed by atoms with Crippen LogP contribution in [-0.4, -0.2) is 21.3 Å². The zero-order chi connectivity index (χ0) is 17.9. The maximum atomic E-state index is 12.0. The Morgan fingerprint density at radius 2 is 1.96 bits per heavy atom. The van der Waals surface area contributed by atoms with Gasteiger partial charge in [0, 0.05) is 16.0 Å². The van der Waals surface area contributed by atoms with Crippen molar-refractivity contribution in [2.45, 2.75) is 13.0 Å². The lowest BCUT2D eigenvalue weighted by Gasteiger charge is -1.99. The normalized spacial score (nSPS) is 11.0. The highest BCUT2D eigenvalue weighted by Gasteiger charge is 2.15. The molecule has 2 aromatic heterocycles. The summed E-state index contributed by atoms with van der Waals surface area (Å²) in [6.45, 7) is -0.123. The molecule has 0 saturated carbocycles. The van der Waals surface area contributed by atoms with Crippen LogP contribution in [0.1, 0.15) is 11.6 Å². The van der Waals surface area contributed by atoms with E-state index in [0.29, 0.717) is 27.7 Å². The van der Waals surface area contributed by atoms with E-state index in [-0.39, 0.29) is 18.9 Å². The van der Waals surface area contributed by atoms with Gasteiger partial charge < -0.3 is 13.8 Å². The molecular weight excluding hydrogens is 358 g/mol. The van der Waals surface area contributed by atoms with E-state index in [0.717, 1.165) is 5.39 Å². The molecule has 0 N–H and O–H groups in total. The minimum atomic E-state index is -0.466. The molecule has 0 aliphatic carbocycles. The predicted molar refractivity (Wildman–Crippen MR) is 92.3 cm³/mol. The van der Waals surface area contributed by atoms with Crippen LogP contribution in [0.5, 0.6) is 0 Å². The van der Waals surface area contributed by atoms with Crippen LogP contribution in [0.4, 0.5) is 0 Å². The molecule has 7 nitrogen and oxygen atoms in total. The van der Waals surface area contributed by atoms with Crippen molar-refractivity contribution >= 4 is 28.5 Å². The molecule has 0 atom stereocenters. The molecule has 0 saturated heterocycles. The van der Waals surface area contributed by atoms with Gasteiger partial charge in [0.25, 0.3) is 5.89 Å². The number of carbonyl (C=O) groups excluding carboxylic acids is 1. The Morgan fingerprint density at radius 1 is 1.08 bits per heavy atom. The fourth-order valence-electron chi connectivity index (χ4n) is 2.45. The van der Waals surface area contributed by atoms with Crippen LogP contribution in [0.3, 0.4) is 0 Å². The number of ether oxygens (including phenoxy) is 1. The van der Waals surface area contributed by atoms with E-state index in [9.17, 15) is 4.79 Å². The maximum absolute atomic E-state index is 12.0. The summed E-state index contributed by atoms with van der Waals surface area (Å²) in [5.41, 5.74) is 1.86. The van der Waals surface area contributed by atoms with Crippen LogP contribution < -0.4 is 0 Å². The summed E-state index contributed by atoms with van der Waals surface area (Å²) >= 11 is 5.94. The number of rotatable bonds is 5. The minimum Gasteiger partial charge on any atom is -0.455 e. The fourth-order valence-corrected chi connectivity index (χ4v) is 2.64. The molecule has 0 fully saturated rings. The van der Waals surface area contributed by atoms with Gasteiger partial charge in [-0.05, 0) is 24.3 Å². The Hall–Kier alpha value is -3.19. The number of esters is 1. The Kier molecular flexibility index (Phi) is 4.37. The first kappa shape index (κ1) is 16.3. The van der Waals surface area contributed by atoms with Crippen molar-refractivity contribution in [2.24, 2.45) is 0 Å². The van der Waals surface area contributed by atoms with Crippen molar-refractivity contribution < 1.29 is 18.6 Å². The molecule has 0 unspecified atom stereocenters. The van der Waals surface area contributed by atoms with Gasteiger partial charge in [0.05, 0.1) is 6.42 Å². The van der Waals surface area contributed by atoms with E-state index in [1.54, 1.807) is 24.3 Å². The van der Waals surface area contributed by atoms with E-state index in [4.69, 9.17) is 25.4 Å². The van der Waals surface area contributed by atoms with Crippen molar-refractivity contribution in [3.8, 4) is 11.4 Å². The van der Waals surface area contributed by atoms with Crippen LogP contribution >= 0.6 is 11.6 Å². The van der Waals surface area contributed by atoms with Gasteiger partial charge in [-0.1, -0.05) is 46.2 Å². The quantitative estimate of drug-likeness (QED) is 0.494. The number of carbonyl (C=O) groups is 1. The van der Waals surface area contributed by atoms with Gasteiger partial charge in [0.2, 0.25) is 5.82 Å². The fraction of sp³-hybridized carbons (Fsp3) is 0.111. The predicted octanol–water partition coefficient (Wildman–Crippen LogP) is 3.82. The molecule has 0 bridgehead atoms. The molecule has 8 heteroatoms. The molecule has 0 radical (unpaired) electrons. The lowest BCUT2D eigenvalue weighted by molar-refractivity contribution is -0.145. The number of halogens is 1. The highest BCUT2D eigenvalue weighted by molar-refractivity contribution is 6.30. The molecule has 2 heterocycles. The van der Waals surface area contributed by atoms with Crippen LogP contribution in [0.25, 0.3) is 22.4 Å². The number of hydrogen-bond acceptors (Lipinski definition) is 7. The summed E-state index contributed by atoms with van der Waals surface area (Å²) in [7, 11) is 0. The Bertz CT molecular complexity index is 1070. The standard InChI is InChI=1S/C18H12ClN3O4/c19-12-5-3-4-11(8-12)18-20-16(26-22-18)10-24-17(23)9-14-13-6-1-2-7-15(13)25-21-14/h1-8H,9-10H2. The lowest BCUT2D eigenvalue weighted by Crippen LogP contribution is -2.08. The van der Waals surface area contributed by atoms with Crippen molar-refractivity contribution in [2.75, 3.05) is 0 Å². The lowest BCUT2D eigenvalue weighted by atomic mass is 10.2. The van der Waals surface area contributed by atoms with E-state index in [1.807, 2.05) is 24.3 Å². The molecule has 4 rings (SSSR count). The molecule has 4 aromatic rings. The summed E-state index contributed by atoms with van der Waals surface area (Å²) in [6, 6.07) is 14.4. The SMILES string of the molecule is O=C(Cc1noc2ccccc12)OCc1nc(-c2cccc(Cl)c2)no1. The summed E-state index contributed by atoms with van der Waals surface area (Å²) < 4.78 is 15.4. The molecular formula is C18H12ClN3O4. The third-order valence-corrected chi connectivity index (χ3v) is 3.91. The molecule has 130 valence electrons. The summed E-state index contributed by atoms with van der Waals surface area (Å²) in [5, 5.41) is 9.11. The first-order chi connectivity index (χ1) is 12.7. The Labute approximate surface area is 152 Å². The number of fused-ring (bicyclic) bond motifs is 1. The second kappa shape index (κ2) is 6.97. The molecule has 0 aliphatic rings. The smallest absolute Gasteiger partial charge is 0.312 e. The molecule has 0 spiro atoms.